The highest BCUT2D eigenvalue weighted by Crippen LogP contribution is 2.27. The lowest BCUT2D eigenvalue weighted by molar-refractivity contribution is 0.153. The summed E-state index contributed by atoms with van der Waals surface area (Å²) in [5.41, 5.74) is 0.525. The van der Waals surface area contributed by atoms with Gasteiger partial charge in [-0.1, -0.05) is 0 Å². The highest BCUT2D eigenvalue weighted by molar-refractivity contribution is 5.51. The molecule has 1 aromatic carbocycles. The second-order valence-electron chi connectivity index (χ2n) is 5.32. The van der Waals surface area contributed by atoms with Crippen molar-refractivity contribution in [3.05, 3.63) is 29.3 Å². The number of aliphatic hydroxyl groups is 1. The summed E-state index contributed by atoms with van der Waals surface area (Å²) in [4.78, 5) is 1.58. The number of nitrogens with one attached hydrogen (secondary N) is 1. The lowest BCUT2D eigenvalue weighted by Crippen LogP contribution is -2.39. The summed E-state index contributed by atoms with van der Waals surface area (Å²) in [6, 6.07) is 2.69. The molecule has 0 spiro atoms. The number of β-amino-alcohol motifs (C(OH)–C–C–N with tert-alkyl or cyclic N) is 1. The lowest BCUT2D eigenvalue weighted by atomic mass is 10.1. The van der Waals surface area contributed by atoms with Crippen molar-refractivity contribution in [2.24, 2.45) is 0 Å². The minimum absolute atomic E-state index is 0.0330. The highest BCUT2D eigenvalue weighted by atomic mass is 19.1. The molecular formula is C15H22F2N2O2. The molecule has 21 heavy (non-hydrogen) atoms. The highest BCUT2D eigenvalue weighted by Gasteiger charge is 2.23. The van der Waals surface area contributed by atoms with Gasteiger partial charge in [0.2, 0.25) is 0 Å². The maximum absolute atomic E-state index is 14.2. The monoisotopic (exact) mass is 300 g/mol. The SMILES string of the molecule is COCCNCc1cc(F)c(N2CCCC(O)C2)c(F)c1. The second kappa shape index (κ2) is 7.68. The Morgan fingerprint density at radius 3 is 2.71 bits per heavy atom. The number of rotatable bonds is 6. The van der Waals surface area contributed by atoms with Gasteiger partial charge in [-0.25, -0.2) is 8.78 Å². The van der Waals surface area contributed by atoms with Gasteiger partial charge in [0.25, 0.3) is 0 Å². The van der Waals surface area contributed by atoms with Crippen molar-refractivity contribution in [1.29, 1.82) is 0 Å². The summed E-state index contributed by atoms with van der Waals surface area (Å²) in [6.45, 7) is 2.41. The summed E-state index contributed by atoms with van der Waals surface area (Å²) in [5.74, 6) is -1.15. The molecule has 0 aliphatic carbocycles. The third-order valence-corrected chi connectivity index (χ3v) is 3.60. The molecule has 0 radical (unpaired) electrons. The lowest BCUT2D eigenvalue weighted by Gasteiger charge is -2.32. The zero-order valence-corrected chi connectivity index (χ0v) is 12.2. The van der Waals surface area contributed by atoms with Crippen LogP contribution in [0.1, 0.15) is 18.4 Å². The molecule has 0 amide bonds. The maximum Gasteiger partial charge on any atom is 0.149 e. The van der Waals surface area contributed by atoms with Crippen LogP contribution in [0.4, 0.5) is 14.5 Å². The van der Waals surface area contributed by atoms with Crippen LogP contribution in [-0.2, 0) is 11.3 Å². The van der Waals surface area contributed by atoms with Gasteiger partial charge in [-0.05, 0) is 30.5 Å². The number of hydrogen-bond donors (Lipinski definition) is 2. The first kappa shape index (κ1) is 16.1. The van der Waals surface area contributed by atoms with Crippen molar-refractivity contribution in [3.63, 3.8) is 0 Å². The van der Waals surface area contributed by atoms with Crippen LogP contribution in [0.2, 0.25) is 0 Å². The average Bonchev–Trinajstić information content (AvgIpc) is 2.43. The van der Waals surface area contributed by atoms with Gasteiger partial charge in [0, 0.05) is 33.3 Å². The van der Waals surface area contributed by atoms with Crippen molar-refractivity contribution in [3.8, 4) is 0 Å². The molecule has 0 aromatic heterocycles. The predicted octanol–water partition coefficient (Wildman–Crippen LogP) is 1.66. The second-order valence-corrected chi connectivity index (χ2v) is 5.32. The van der Waals surface area contributed by atoms with Crippen LogP contribution in [0.5, 0.6) is 0 Å². The summed E-state index contributed by atoms with van der Waals surface area (Å²) < 4.78 is 33.3. The standard InChI is InChI=1S/C15H22F2N2O2/c1-21-6-4-18-9-11-7-13(16)15(14(17)8-11)19-5-2-3-12(20)10-19/h7-8,12,18,20H,2-6,9-10H2,1H3. The predicted molar refractivity (Wildman–Crippen MR) is 77.4 cm³/mol. The van der Waals surface area contributed by atoms with Crippen LogP contribution < -0.4 is 10.2 Å². The van der Waals surface area contributed by atoms with Crippen LogP contribution in [0.15, 0.2) is 12.1 Å². The molecule has 1 atom stereocenters. The van der Waals surface area contributed by atoms with Gasteiger partial charge in [0.1, 0.15) is 17.3 Å². The Balaban J connectivity index is 2.06. The number of anilines is 1. The van der Waals surface area contributed by atoms with E-state index in [9.17, 15) is 13.9 Å². The Morgan fingerprint density at radius 1 is 1.38 bits per heavy atom. The van der Waals surface area contributed by atoms with Crippen molar-refractivity contribution in [1.82, 2.24) is 5.32 Å². The average molecular weight is 300 g/mol. The molecule has 1 saturated heterocycles. The first-order valence-electron chi connectivity index (χ1n) is 7.22. The van der Waals surface area contributed by atoms with Crippen molar-refractivity contribution in [2.45, 2.75) is 25.5 Å². The summed E-state index contributed by atoms with van der Waals surface area (Å²) >= 11 is 0. The van der Waals surface area contributed by atoms with E-state index in [0.29, 0.717) is 38.2 Å². The Hall–Kier alpha value is -1.24. The van der Waals surface area contributed by atoms with E-state index in [1.165, 1.54) is 12.1 Å². The first-order valence-corrected chi connectivity index (χ1v) is 7.22. The van der Waals surface area contributed by atoms with Crippen LogP contribution in [0.3, 0.4) is 0 Å². The smallest absolute Gasteiger partial charge is 0.149 e. The van der Waals surface area contributed by atoms with Crippen molar-refractivity contribution < 1.29 is 18.6 Å². The van der Waals surface area contributed by atoms with Crippen LogP contribution >= 0.6 is 0 Å². The van der Waals surface area contributed by atoms with E-state index in [0.717, 1.165) is 6.42 Å². The van der Waals surface area contributed by atoms with Gasteiger partial charge in [-0.15, -0.1) is 0 Å². The van der Waals surface area contributed by atoms with Gasteiger partial charge < -0.3 is 20.1 Å². The van der Waals surface area contributed by atoms with E-state index in [1.807, 2.05) is 0 Å². The van der Waals surface area contributed by atoms with E-state index in [-0.39, 0.29) is 12.2 Å². The van der Waals surface area contributed by atoms with E-state index < -0.39 is 17.7 Å². The van der Waals surface area contributed by atoms with E-state index >= 15 is 0 Å². The number of aliphatic hydroxyl groups excluding tert-OH is 1. The zero-order valence-electron chi connectivity index (χ0n) is 12.2. The third kappa shape index (κ3) is 4.36. The molecule has 118 valence electrons. The minimum Gasteiger partial charge on any atom is -0.391 e. The van der Waals surface area contributed by atoms with Crippen molar-refractivity contribution in [2.75, 3.05) is 38.3 Å². The molecule has 2 rings (SSSR count). The molecule has 1 unspecified atom stereocenters. The fourth-order valence-electron chi connectivity index (χ4n) is 2.59. The maximum atomic E-state index is 14.2. The number of methoxy groups -OCH3 is 1. The Kier molecular flexibility index (Phi) is 5.90. The quantitative estimate of drug-likeness (QED) is 0.784. The number of piperidine rings is 1. The zero-order chi connectivity index (χ0) is 15.2. The molecule has 4 nitrogen and oxygen atoms in total. The Morgan fingerprint density at radius 2 is 2.10 bits per heavy atom. The number of hydrogen-bond acceptors (Lipinski definition) is 4. The number of ether oxygens (including phenoxy) is 1. The van der Waals surface area contributed by atoms with Gasteiger partial charge in [0.15, 0.2) is 0 Å². The largest absolute Gasteiger partial charge is 0.391 e. The Labute approximate surface area is 123 Å². The van der Waals surface area contributed by atoms with Crippen LogP contribution in [0.25, 0.3) is 0 Å². The molecule has 1 aliphatic rings. The fourth-order valence-corrected chi connectivity index (χ4v) is 2.59. The molecule has 1 aromatic rings. The molecule has 1 fully saturated rings. The number of halogens is 2. The van der Waals surface area contributed by atoms with Gasteiger partial charge in [-0.3, -0.25) is 0 Å². The van der Waals surface area contributed by atoms with Gasteiger partial charge >= 0.3 is 0 Å². The summed E-state index contributed by atoms with van der Waals surface area (Å²) in [5, 5.41) is 12.7. The van der Waals surface area contributed by atoms with Crippen molar-refractivity contribution >= 4 is 5.69 Å². The number of nitrogens with zero attached hydrogens (tertiary/aromatic N) is 1. The minimum atomic E-state index is -0.576. The first-order chi connectivity index (χ1) is 10.1. The molecule has 0 bridgehead atoms. The Bertz CT molecular complexity index is 448. The fraction of sp³-hybridized carbons (Fsp3) is 0.600. The van der Waals surface area contributed by atoms with E-state index in [1.54, 1.807) is 12.0 Å². The topological polar surface area (TPSA) is 44.7 Å². The van der Waals surface area contributed by atoms with E-state index in [4.69, 9.17) is 4.74 Å². The van der Waals surface area contributed by atoms with Gasteiger partial charge in [0.05, 0.1) is 12.7 Å². The van der Waals surface area contributed by atoms with Crippen LogP contribution in [0, 0.1) is 11.6 Å². The molecule has 2 N–H and O–H groups in total. The van der Waals surface area contributed by atoms with E-state index in [2.05, 4.69) is 5.32 Å². The third-order valence-electron chi connectivity index (χ3n) is 3.60. The molecular weight excluding hydrogens is 278 g/mol. The summed E-state index contributed by atoms with van der Waals surface area (Å²) in [6.07, 6.45) is 0.898. The number of benzene rings is 1. The molecule has 0 saturated carbocycles. The van der Waals surface area contributed by atoms with Crippen LogP contribution in [-0.4, -0.2) is 44.6 Å². The molecule has 6 heteroatoms. The summed E-state index contributed by atoms with van der Waals surface area (Å²) in [7, 11) is 1.60. The molecule has 1 heterocycles. The normalized spacial score (nSPS) is 19.0. The molecule has 1 aliphatic heterocycles. The van der Waals surface area contributed by atoms with Gasteiger partial charge in [-0.2, -0.15) is 0 Å².